The molecule has 1 saturated carbocycles. The maximum absolute atomic E-state index is 13.0. The van der Waals surface area contributed by atoms with Crippen LogP contribution < -0.4 is 5.32 Å². The third-order valence-electron chi connectivity index (χ3n) is 6.17. The predicted molar refractivity (Wildman–Crippen MR) is 99.0 cm³/mol. The highest BCUT2D eigenvalue weighted by atomic mass is 35.5. The molecular weight excluding hydrogens is 358 g/mol. The lowest BCUT2D eigenvalue weighted by molar-refractivity contribution is -0.145. The number of fused-ring (bicyclic) bond motifs is 1. The van der Waals surface area contributed by atoms with Gasteiger partial charge in [0.1, 0.15) is 11.5 Å². The Kier molecular flexibility index (Phi) is 5.33. The van der Waals surface area contributed by atoms with Crippen LogP contribution in [0, 0.1) is 17.4 Å². The monoisotopic (exact) mass is 383 g/mol. The van der Waals surface area contributed by atoms with E-state index in [2.05, 4.69) is 16.4 Å². The lowest BCUT2D eigenvalue weighted by Gasteiger charge is -2.46. The van der Waals surface area contributed by atoms with Gasteiger partial charge in [0.05, 0.1) is 6.54 Å². The number of amides is 1. The second kappa shape index (κ2) is 7.51. The van der Waals surface area contributed by atoms with Crippen LogP contribution in [0.3, 0.4) is 0 Å². The molecule has 4 aliphatic rings. The van der Waals surface area contributed by atoms with Crippen molar-refractivity contribution in [1.82, 2.24) is 20.0 Å². The van der Waals surface area contributed by atoms with E-state index in [1.54, 1.807) is 4.90 Å². The van der Waals surface area contributed by atoms with Gasteiger partial charge in [0, 0.05) is 43.4 Å². The molecule has 0 aromatic heterocycles. The van der Waals surface area contributed by atoms with Crippen LogP contribution in [0.15, 0.2) is 0 Å². The summed E-state index contributed by atoms with van der Waals surface area (Å²) in [5.41, 5.74) is 0.0887. The van der Waals surface area contributed by atoms with Gasteiger partial charge in [0.15, 0.2) is 6.19 Å². The van der Waals surface area contributed by atoms with Crippen molar-refractivity contribution in [2.24, 2.45) is 5.92 Å². The Morgan fingerprint density at radius 1 is 1.16 bits per heavy atom. The molecule has 0 aromatic rings. The molecule has 0 radical (unpaired) electrons. The van der Waals surface area contributed by atoms with E-state index in [0.29, 0.717) is 23.9 Å². The number of nitrogens with zero attached hydrogens (tertiary/aromatic N) is 4. The van der Waals surface area contributed by atoms with Crippen molar-refractivity contribution < 1.29 is 4.79 Å². The first kappa shape index (κ1) is 17.7. The van der Waals surface area contributed by atoms with E-state index in [-0.39, 0.29) is 17.4 Å². The van der Waals surface area contributed by atoms with Crippen LogP contribution in [-0.4, -0.2) is 82.0 Å². The van der Waals surface area contributed by atoms with E-state index < -0.39 is 0 Å². The van der Waals surface area contributed by atoms with E-state index in [1.165, 1.54) is 12.8 Å². The number of piperazine rings is 2. The number of thioether (sulfide) groups is 1. The fourth-order valence-corrected chi connectivity index (χ4v) is 6.26. The largest absolute Gasteiger partial charge is 0.315 e. The van der Waals surface area contributed by atoms with Crippen LogP contribution in [0.5, 0.6) is 0 Å². The van der Waals surface area contributed by atoms with Gasteiger partial charge in [-0.05, 0) is 31.6 Å². The third kappa shape index (κ3) is 3.59. The fourth-order valence-electron chi connectivity index (χ4n) is 4.59. The molecular formula is C17H26ClN5OS. The summed E-state index contributed by atoms with van der Waals surface area (Å²) in [5, 5.41) is 13.2. The second-order valence-corrected chi connectivity index (χ2v) is 9.33. The Hall–Kier alpha value is -0.680. The summed E-state index contributed by atoms with van der Waals surface area (Å²) in [6, 6.07) is 0.335. The van der Waals surface area contributed by atoms with Crippen molar-refractivity contribution >= 4 is 29.3 Å². The average molecular weight is 384 g/mol. The molecule has 1 N–H and O–H groups in total. The van der Waals surface area contributed by atoms with Crippen LogP contribution >= 0.6 is 23.4 Å². The molecule has 1 aliphatic carbocycles. The van der Waals surface area contributed by atoms with Crippen molar-refractivity contribution in [3.8, 4) is 6.19 Å². The Morgan fingerprint density at radius 2 is 1.92 bits per heavy atom. The maximum atomic E-state index is 13.0. The molecule has 3 heterocycles. The molecule has 0 aromatic carbocycles. The number of carbonyl (C=O) groups excluding carboxylic acids is 1. The Morgan fingerprint density at radius 3 is 2.68 bits per heavy atom. The van der Waals surface area contributed by atoms with E-state index in [1.807, 2.05) is 16.7 Å². The number of rotatable bonds is 2. The molecule has 8 heteroatoms. The van der Waals surface area contributed by atoms with Gasteiger partial charge in [-0.15, -0.1) is 23.4 Å². The Balaban J connectivity index is 1.36. The van der Waals surface area contributed by atoms with Gasteiger partial charge in [0.25, 0.3) is 0 Å². The quantitative estimate of drug-likeness (QED) is 0.568. The highest BCUT2D eigenvalue weighted by Gasteiger charge is 2.43. The summed E-state index contributed by atoms with van der Waals surface area (Å²) in [6.07, 6.45) is 6.82. The number of carbonyl (C=O) groups is 1. The van der Waals surface area contributed by atoms with Gasteiger partial charge < -0.3 is 9.80 Å². The van der Waals surface area contributed by atoms with E-state index in [4.69, 9.17) is 16.9 Å². The summed E-state index contributed by atoms with van der Waals surface area (Å²) in [4.78, 5) is 19.0. The first-order chi connectivity index (χ1) is 12.2. The van der Waals surface area contributed by atoms with Crippen LogP contribution in [0.25, 0.3) is 0 Å². The smallest absolute Gasteiger partial charge is 0.243 e. The molecule has 2 unspecified atom stereocenters. The zero-order chi connectivity index (χ0) is 17.4. The molecule has 3 atom stereocenters. The fraction of sp³-hybridized carbons (Fsp3) is 0.882. The lowest BCUT2D eigenvalue weighted by Crippen LogP contribution is -2.66. The molecule has 138 valence electrons. The lowest BCUT2D eigenvalue weighted by atomic mass is 9.84. The van der Waals surface area contributed by atoms with E-state index in [9.17, 15) is 4.79 Å². The van der Waals surface area contributed by atoms with Crippen LogP contribution in [0.4, 0.5) is 0 Å². The first-order valence-electron chi connectivity index (χ1n) is 9.36. The minimum Gasteiger partial charge on any atom is -0.315 e. The second-order valence-electron chi connectivity index (χ2n) is 7.60. The Bertz CT molecular complexity index is 550. The summed E-state index contributed by atoms with van der Waals surface area (Å²) in [6.45, 7) is 3.78. The Labute approximate surface area is 158 Å². The summed E-state index contributed by atoms with van der Waals surface area (Å²) in [7, 11) is 0. The standard InChI is InChI=1S/C17H26ClN5OS/c18-13-3-1-12(2-4-13)14-10-25-17(20-14)23-8-7-22-6-5-21(11-19)9-15(22)16(23)24/h12-15,17,20H,1-10H2/t12?,13?,14?,15-,17?/m1/s1. The number of nitrogens with one attached hydrogen (secondary N) is 1. The van der Waals surface area contributed by atoms with Crippen LogP contribution in [0.1, 0.15) is 25.7 Å². The number of halogens is 1. The van der Waals surface area contributed by atoms with Gasteiger partial charge in [-0.2, -0.15) is 5.26 Å². The van der Waals surface area contributed by atoms with Gasteiger partial charge in [-0.1, -0.05) is 0 Å². The summed E-state index contributed by atoms with van der Waals surface area (Å²) < 4.78 is 0. The molecule has 4 fully saturated rings. The van der Waals surface area contributed by atoms with Gasteiger partial charge in [-0.3, -0.25) is 15.0 Å². The van der Waals surface area contributed by atoms with Crippen molar-refractivity contribution in [3.05, 3.63) is 0 Å². The van der Waals surface area contributed by atoms with Crippen molar-refractivity contribution in [3.63, 3.8) is 0 Å². The predicted octanol–water partition coefficient (Wildman–Crippen LogP) is 1.08. The zero-order valence-electron chi connectivity index (χ0n) is 14.4. The number of alkyl halides is 1. The molecule has 4 rings (SSSR count). The average Bonchev–Trinajstić information content (AvgIpc) is 3.12. The highest BCUT2D eigenvalue weighted by Crippen LogP contribution is 2.35. The van der Waals surface area contributed by atoms with Crippen LogP contribution in [-0.2, 0) is 4.79 Å². The van der Waals surface area contributed by atoms with Gasteiger partial charge in [0.2, 0.25) is 5.91 Å². The van der Waals surface area contributed by atoms with Crippen molar-refractivity contribution in [2.75, 3.05) is 38.5 Å². The van der Waals surface area contributed by atoms with Crippen LogP contribution in [0.2, 0.25) is 0 Å². The highest BCUT2D eigenvalue weighted by molar-refractivity contribution is 8.00. The number of hydrogen-bond acceptors (Lipinski definition) is 6. The van der Waals surface area contributed by atoms with Crippen molar-refractivity contribution in [2.45, 2.75) is 48.6 Å². The minimum absolute atomic E-state index is 0.0887. The zero-order valence-corrected chi connectivity index (χ0v) is 16.0. The normalized spacial score (nSPS) is 40.0. The molecule has 1 amide bonds. The molecule has 6 nitrogen and oxygen atoms in total. The third-order valence-corrected chi connectivity index (χ3v) is 7.87. The van der Waals surface area contributed by atoms with Gasteiger partial charge >= 0.3 is 0 Å². The van der Waals surface area contributed by atoms with Gasteiger partial charge in [-0.25, -0.2) is 0 Å². The molecule has 3 aliphatic heterocycles. The molecule has 0 bridgehead atoms. The SMILES string of the molecule is N#CN1CCN2CCN(C3NC(C4CCC(Cl)CC4)CS3)C(=O)[C@H]2C1. The first-order valence-corrected chi connectivity index (χ1v) is 10.8. The maximum Gasteiger partial charge on any atom is 0.243 e. The summed E-state index contributed by atoms with van der Waals surface area (Å²) >= 11 is 8.10. The topological polar surface area (TPSA) is 62.6 Å². The minimum atomic E-state index is -0.157. The molecule has 25 heavy (non-hydrogen) atoms. The molecule has 3 saturated heterocycles. The van der Waals surface area contributed by atoms with E-state index >= 15 is 0 Å². The number of hydrogen-bond donors (Lipinski definition) is 1. The number of nitriles is 1. The van der Waals surface area contributed by atoms with E-state index in [0.717, 1.165) is 44.8 Å². The molecule has 0 spiro atoms. The summed E-state index contributed by atoms with van der Waals surface area (Å²) in [5.74, 6) is 1.94. The van der Waals surface area contributed by atoms with Crippen molar-refractivity contribution in [1.29, 1.82) is 5.26 Å².